The van der Waals surface area contributed by atoms with Crippen LogP contribution in [0.2, 0.25) is 0 Å². The normalized spacial score (nSPS) is 18.0. The molecule has 1 saturated heterocycles. The number of nitrogens with zero attached hydrogens (tertiary/aromatic N) is 4. The van der Waals surface area contributed by atoms with Gasteiger partial charge in [0.25, 0.3) is 0 Å². The zero-order valence-corrected chi connectivity index (χ0v) is 25.8. The minimum atomic E-state index is -0.139. The summed E-state index contributed by atoms with van der Waals surface area (Å²) in [5.74, 6) is 0.728. The Morgan fingerprint density at radius 2 is 1.59 bits per heavy atom. The second-order valence-corrected chi connectivity index (χ2v) is 12.8. The predicted octanol–water partition coefficient (Wildman–Crippen LogP) is 8.52. The maximum atomic E-state index is 6.03. The Labute approximate surface area is 257 Å². The van der Waals surface area contributed by atoms with Gasteiger partial charge in [-0.05, 0) is 112 Å². The van der Waals surface area contributed by atoms with Crippen LogP contribution in [0.1, 0.15) is 50.6 Å². The van der Waals surface area contributed by atoms with Crippen LogP contribution in [0.4, 0.5) is 22.7 Å². The maximum Gasteiger partial charge on any atom is 0.157 e. The van der Waals surface area contributed by atoms with E-state index in [1.165, 1.54) is 5.56 Å². The highest BCUT2D eigenvalue weighted by Gasteiger charge is 2.38. The first-order chi connectivity index (χ1) is 21.1. The van der Waals surface area contributed by atoms with Gasteiger partial charge in [-0.3, -0.25) is 15.0 Å². The number of pyridine rings is 3. The topological polar surface area (TPSA) is 101 Å². The van der Waals surface area contributed by atoms with Crippen LogP contribution in [0.3, 0.4) is 0 Å². The van der Waals surface area contributed by atoms with Crippen LogP contribution in [0, 0.1) is 13.8 Å². The third-order valence-corrected chi connectivity index (χ3v) is 8.55. The fraction of sp³-hybridized carbons (Fsp3) is 0.278. The van der Waals surface area contributed by atoms with Gasteiger partial charge >= 0.3 is 0 Å². The Hall–Kier alpha value is -4.82. The van der Waals surface area contributed by atoms with Gasteiger partial charge in [0.1, 0.15) is 5.69 Å². The van der Waals surface area contributed by atoms with E-state index in [0.29, 0.717) is 0 Å². The summed E-state index contributed by atoms with van der Waals surface area (Å²) in [4.78, 5) is 22.1. The van der Waals surface area contributed by atoms with Crippen molar-refractivity contribution in [2.45, 2.75) is 58.5 Å². The van der Waals surface area contributed by atoms with E-state index < -0.39 is 0 Å². The van der Waals surface area contributed by atoms with Gasteiger partial charge < -0.3 is 20.4 Å². The molecule has 3 N–H and O–H groups in total. The standard InChI is InChI=1S/C36H37N7O/c1-22-16-26(12-14-37-22)40-25-7-10-30-33(19-25)43-34(42-30)31-11-8-27(20-38-31)41-32-17-23(2)39-29-9-6-24(18-28(29)32)36(5)13-15-44-35(3,4)21-36/h6-12,14,16-20H,13,15,21H2,1-5H3,(H,37,40)(H,39,41)(H,42,43)/t36-/m0/s1. The summed E-state index contributed by atoms with van der Waals surface area (Å²) >= 11 is 0. The van der Waals surface area contributed by atoms with Crippen LogP contribution in [0.15, 0.2) is 79.1 Å². The van der Waals surface area contributed by atoms with Gasteiger partial charge in [-0.2, -0.15) is 0 Å². The van der Waals surface area contributed by atoms with Crippen molar-refractivity contribution in [3.05, 3.63) is 96.1 Å². The first kappa shape index (κ1) is 28.0. The lowest BCUT2D eigenvalue weighted by Gasteiger charge is -2.43. The van der Waals surface area contributed by atoms with Crippen molar-refractivity contribution in [1.82, 2.24) is 24.9 Å². The molecule has 0 radical (unpaired) electrons. The third-order valence-electron chi connectivity index (χ3n) is 8.55. The SMILES string of the molecule is Cc1cc(Nc2ccc3nc(-c4ccc(Nc5cc(C)nc6ccc([C@@]7(C)CCOC(C)(C)C7)cc56)cn4)[nH]c3c2)ccn1. The van der Waals surface area contributed by atoms with Crippen molar-refractivity contribution >= 4 is 44.7 Å². The molecule has 8 heteroatoms. The fourth-order valence-corrected chi connectivity index (χ4v) is 6.48. The van der Waals surface area contributed by atoms with Crippen LogP contribution >= 0.6 is 0 Å². The van der Waals surface area contributed by atoms with Gasteiger partial charge in [0.15, 0.2) is 5.82 Å². The lowest BCUT2D eigenvalue weighted by Crippen LogP contribution is -2.42. The lowest BCUT2D eigenvalue weighted by atomic mass is 9.70. The molecule has 8 nitrogen and oxygen atoms in total. The minimum absolute atomic E-state index is 0.0444. The number of rotatable bonds is 6. The highest BCUT2D eigenvalue weighted by atomic mass is 16.5. The first-order valence-corrected chi connectivity index (χ1v) is 15.1. The van der Waals surface area contributed by atoms with Gasteiger partial charge in [0, 0.05) is 46.6 Å². The van der Waals surface area contributed by atoms with E-state index in [1.54, 1.807) is 6.20 Å². The predicted molar refractivity (Wildman–Crippen MR) is 178 cm³/mol. The fourth-order valence-electron chi connectivity index (χ4n) is 6.48. The number of aromatic nitrogens is 5. The molecule has 1 fully saturated rings. The summed E-state index contributed by atoms with van der Waals surface area (Å²) in [5, 5.41) is 8.16. The largest absolute Gasteiger partial charge is 0.376 e. The van der Waals surface area contributed by atoms with E-state index in [0.717, 1.165) is 87.0 Å². The van der Waals surface area contributed by atoms with Crippen LogP contribution in [0.25, 0.3) is 33.5 Å². The Balaban J connectivity index is 1.14. The molecule has 44 heavy (non-hydrogen) atoms. The average Bonchev–Trinajstić information content (AvgIpc) is 3.40. The second-order valence-electron chi connectivity index (χ2n) is 12.8. The number of fused-ring (bicyclic) bond motifs is 2. The van der Waals surface area contributed by atoms with Crippen molar-refractivity contribution < 1.29 is 4.74 Å². The second kappa shape index (κ2) is 10.7. The quantitative estimate of drug-likeness (QED) is 0.181. The Bertz CT molecular complexity index is 2000. The molecule has 7 rings (SSSR count). The van der Waals surface area contributed by atoms with Crippen molar-refractivity contribution in [3.63, 3.8) is 0 Å². The summed E-state index contributed by atoms with van der Waals surface area (Å²) < 4.78 is 6.03. The molecule has 0 unspecified atom stereocenters. The van der Waals surface area contributed by atoms with Crippen molar-refractivity contribution in [2.75, 3.05) is 17.2 Å². The lowest BCUT2D eigenvalue weighted by molar-refractivity contribution is -0.0787. The number of anilines is 4. The minimum Gasteiger partial charge on any atom is -0.376 e. The summed E-state index contributed by atoms with van der Waals surface area (Å²) in [5.41, 5.74) is 10.6. The molecule has 1 aliphatic heterocycles. The van der Waals surface area contributed by atoms with Gasteiger partial charge in [-0.15, -0.1) is 0 Å². The molecule has 222 valence electrons. The van der Waals surface area contributed by atoms with Crippen LogP contribution in [-0.4, -0.2) is 37.1 Å². The summed E-state index contributed by atoms with van der Waals surface area (Å²) in [7, 11) is 0. The molecule has 1 atom stereocenters. The summed E-state index contributed by atoms with van der Waals surface area (Å²) in [6.07, 6.45) is 5.63. The van der Waals surface area contributed by atoms with Gasteiger partial charge in [0.05, 0.1) is 34.0 Å². The van der Waals surface area contributed by atoms with E-state index in [1.807, 2.05) is 56.4 Å². The average molecular weight is 584 g/mol. The van der Waals surface area contributed by atoms with Crippen LogP contribution in [-0.2, 0) is 10.2 Å². The van der Waals surface area contributed by atoms with Crippen LogP contribution in [0.5, 0.6) is 0 Å². The van der Waals surface area contributed by atoms with E-state index in [2.05, 4.69) is 71.7 Å². The maximum absolute atomic E-state index is 6.03. The van der Waals surface area contributed by atoms with E-state index in [4.69, 9.17) is 19.7 Å². The number of hydrogen-bond donors (Lipinski definition) is 3. The molecule has 0 amide bonds. The van der Waals surface area contributed by atoms with Crippen LogP contribution < -0.4 is 10.6 Å². The Morgan fingerprint density at radius 3 is 2.39 bits per heavy atom. The number of benzene rings is 2. The number of H-pyrrole nitrogens is 1. The molecular weight excluding hydrogens is 546 g/mol. The molecule has 5 heterocycles. The molecule has 0 spiro atoms. The Kier molecular flexibility index (Phi) is 6.81. The third kappa shape index (κ3) is 5.61. The Morgan fingerprint density at radius 1 is 0.773 bits per heavy atom. The summed E-state index contributed by atoms with van der Waals surface area (Å²) in [6, 6.07) is 22.9. The van der Waals surface area contributed by atoms with E-state index >= 15 is 0 Å². The number of imidazole rings is 1. The smallest absolute Gasteiger partial charge is 0.157 e. The van der Waals surface area contributed by atoms with E-state index in [-0.39, 0.29) is 11.0 Å². The molecule has 2 aromatic carbocycles. The summed E-state index contributed by atoms with van der Waals surface area (Å²) in [6.45, 7) is 11.5. The highest BCUT2D eigenvalue weighted by molar-refractivity contribution is 5.94. The molecule has 1 aliphatic rings. The van der Waals surface area contributed by atoms with Crippen molar-refractivity contribution in [2.24, 2.45) is 0 Å². The van der Waals surface area contributed by atoms with E-state index in [9.17, 15) is 0 Å². The zero-order valence-electron chi connectivity index (χ0n) is 25.8. The number of hydrogen-bond acceptors (Lipinski definition) is 7. The number of aryl methyl sites for hydroxylation is 2. The van der Waals surface area contributed by atoms with Gasteiger partial charge in [0.2, 0.25) is 0 Å². The van der Waals surface area contributed by atoms with Crippen molar-refractivity contribution in [1.29, 1.82) is 0 Å². The number of nitrogens with one attached hydrogen (secondary N) is 3. The monoisotopic (exact) mass is 583 g/mol. The molecule has 4 aromatic heterocycles. The molecule has 0 bridgehead atoms. The molecule has 0 aliphatic carbocycles. The number of aromatic amines is 1. The number of ether oxygens (including phenoxy) is 1. The highest BCUT2D eigenvalue weighted by Crippen LogP contribution is 2.42. The van der Waals surface area contributed by atoms with Gasteiger partial charge in [-0.25, -0.2) is 4.98 Å². The molecule has 0 saturated carbocycles. The first-order valence-electron chi connectivity index (χ1n) is 15.1. The molecular formula is C36H37N7O. The zero-order chi connectivity index (χ0) is 30.5. The molecule has 6 aromatic rings. The van der Waals surface area contributed by atoms with Gasteiger partial charge in [-0.1, -0.05) is 13.0 Å². The van der Waals surface area contributed by atoms with Crippen molar-refractivity contribution in [3.8, 4) is 11.5 Å².